The molecule has 2 aliphatic rings. The van der Waals surface area contributed by atoms with Gasteiger partial charge in [-0.1, -0.05) is 36.4 Å². The fraction of sp³-hybridized carbons (Fsp3) is 0.500. The first-order chi connectivity index (χ1) is 11.7. The third-order valence-electron chi connectivity index (χ3n) is 5.45. The molecule has 1 amide bonds. The zero-order valence-corrected chi connectivity index (χ0v) is 14.9. The lowest BCUT2D eigenvalue weighted by molar-refractivity contribution is -0.117. The minimum absolute atomic E-state index is 0.201. The van der Waals surface area contributed by atoms with Crippen molar-refractivity contribution >= 4 is 11.6 Å². The number of amides is 1. The molecule has 1 saturated carbocycles. The number of carbonyl (C=O) groups excluding carboxylic acids is 1. The second kappa shape index (κ2) is 7.83. The van der Waals surface area contributed by atoms with E-state index in [4.69, 9.17) is 0 Å². The fourth-order valence-electron chi connectivity index (χ4n) is 3.95. The number of anilines is 1. The minimum atomic E-state index is 0.201. The molecular formula is C22H29NO. The van der Waals surface area contributed by atoms with Crippen molar-refractivity contribution < 1.29 is 4.79 Å². The molecule has 0 saturated heterocycles. The molecule has 24 heavy (non-hydrogen) atoms. The van der Waals surface area contributed by atoms with Crippen LogP contribution in [-0.4, -0.2) is 5.91 Å². The molecular weight excluding hydrogens is 294 g/mol. The molecule has 2 aliphatic carbocycles. The number of benzene rings is 1. The molecule has 3 rings (SSSR count). The van der Waals surface area contributed by atoms with Crippen LogP contribution in [0.15, 0.2) is 42.5 Å². The predicted octanol–water partition coefficient (Wildman–Crippen LogP) is 5.57. The Labute approximate surface area is 146 Å². The summed E-state index contributed by atoms with van der Waals surface area (Å²) in [4.78, 5) is 12.8. The third-order valence-corrected chi connectivity index (χ3v) is 5.45. The average Bonchev–Trinajstić information content (AvgIpc) is 3.23. The average molecular weight is 323 g/mol. The van der Waals surface area contributed by atoms with E-state index >= 15 is 0 Å². The lowest BCUT2D eigenvalue weighted by Gasteiger charge is -2.09. The Morgan fingerprint density at radius 1 is 0.917 bits per heavy atom. The summed E-state index contributed by atoms with van der Waals surface area (Å²) in [6.07, 6.45) is 16.0. The predicted molar refractivity (Wildman–Crippen MR) is 101 cm³/mol. The summed E-state index contributed by atoms with van der Waals surface area (Å²) in [5.74, 6) is 1.55. The molecule has 1 unspecified atom stereocenters. The van der Waals surface area contributed by atoms with Crippen molar-refractivity contribution in [3.63, 3.8) is 0 Å². The summed E-state index contributed by atoms with van der Waals surface area (Å²) in [7, 11) is 0. The van der Waals surface area contributed by atoms with Gasteiger partial charge in [0.2, 0.25) is 5.91 Å². The van der Waals surface area contributed by atoms with E-state index in [1.54, 1.807) is 0 Å². The third kappa shape index (κ3) is 4.17. The van der Waals surface area contributed by atoms with Crippen molar-refractivity contribution in [1.29, 1.82) is 0 Å². The highest BCUT2D eigenvalue weighted by atomic mass is 16.2. The van der Waals surface area contributed by atoms with Crippen molar-refractivity contribution in [3.05, 3.63) is 53.6 Å². The number of carbonyl (C=O) groups is 1. The lowest BCUT2D eigenvalue weighted by atomic mass is 10.1. The Hall–Kier alpha value is -1.83. The number of aryl methyl sites for hydroxylation is 2. The lowest BCUT2D eigenvalue weighted by Crippen LogP contribution is -2.16. The first-order valence-corrected chi connectivity index (χ1v) is 9.35. The molecule has 0 radical (unpaired) electrons. The monoisotopic (exact) mass is 323 g/mol. The van der Waals surface area contributed by atoms with Gasteiger partial charge in [0.05, 0.1) is 0 Å². The van der Waals surface area contributed by atoms with Gasteiger partial charge in [-0.15, -0.1) is 0 Å². The van der Waals surface area contributed by atoms with E-state index in [-0.39, 0.29) is 11.8 Å². The molecule has 1 aromatic carbocycles. The van der Waals surface area contributed by atoms with Crippen molar-refractivity contribution in [1.82, 2.24) is 0 Å². The van der Waals surface area contributed by atoms with E-state index in [1.807, 2.05) is 0 Å². The van der Waals surface area contributed by atoms with E-state index in [0.717, 1.165) is 49.8 Å². The van der Waals surface area contributed by atoms with Gasteiger partial charge in [-0.3, -0.25) is 4.79 Å². The number of allylic oxidation sites excluding steroid dienone is 4. The quantitative estimate of drug-likeness (QED) is 0.708. The molecule has 1 fully saturated rings. The van der Waals surface area contributed by atoms with E-state index in [0.29, 0.717) is 11.8 Å². The van der Waals surface area contributed by atoms with E-state index in [1.165, 1.54) is 5.56 Å². The Morgan fingerprint density at radius 3 is 2.12 bits per heavy atom. The molecule has 1 aromatic rings. The smallest absolute Gasteiger partial charge is 0.228 e. The van der Waals surface area contributed by atoms with Crippen LogP contribution in [0.25, 0.3) is 0 Å². The first kappa shape index (κ1) is 17.0. The molecule has 0 bridgehead atoms. The van der Waals surface area contributed by atoms with Crippen LogP contribution in [0.2, 0.25) is 0 Å². The maximum Gasteiger partial charge on any atom is 0.228 e. The van der Waals surface area contributed by atoms with Gasteiger partial charge in [0.25, 0.3) is 0 Å². The summed E-state index contributed by atoms with van der Waals surface area (Å²) in [5, 5.41) is 3.19. The highest BCUT2D eigenvalue weighted by Crippen LogP contribution is 2.52. The van der Waals surface area contributed by atoms with E-state index in [2.05, 4.69) is 61.7 Å². The highest BCUT2D eigenvalue weighted by Gasteiger charge is 2.52. The second-order valence-electron chi connectivity index (χ2n) is 7.34. The number of hydrogen-bond acceptors (Lipinski definition) is 1. The van der Waals surface area contributed by atoms with Gasteiger partial charge in [-0.2, -0.15) is 0 Å². The van der Waals surface area contributed by atoms with Crippen LogP contribution in [0.4, 0.5) is 5.69 Å². The summed E-state index contributed by atoms with van der Waals surface area (Å²) < 4.78 is 0. The van der Waals surface area contributed by atoms with Gasteiger partial charge in [0, 0.05) is 11.6 Å². The maximum absolute atomic E-state index is 12.8. The normalized spacial score (nSPS) is 29.5. The van der Waals surface area contributed by atoms with E-state index < -0.39 is 0 Å². The number of fused-ring (bicyclic) bond motifs is 1. The molecule has 1 N–H and O–H groups in total. The van der Waals surface area contributed by atoms with Gasteiger partial charge < -0.3 is 5.32 Å². The molecule has 0 heterocycles. The van der Waals surface area contributed by atoms with Crippen molar-refractivity contribution in [2.75, 3.05) is 5.32 Å². The molecule has 128 valence electrons. The van der Waals surface area contributed by atoms with Crippen LogP contribution < -0.4 is 5.32 Å². The Bertz CT molecular complexity index is 619. The summed E-state index contributed by atoms with van der Waals surface area (Å²) in [5.41, 5.74) is 3.30. The molecule has 0 aromatic heterocycles. The van der Waals surface area contributed by atoms with E-state index in [9.17, 15) is 4.79 Å². The number of nitrogens with one attached hydrogen (secondary N) is 1. The van der Waals surface area contributed by atoms with Gasteiger partial charge in [0.1, 0.15) is 0 Å². The Balaban J connectivity index is 1.65. The summed E-state index contributed by atoms with van der Waals surface area (Å²) >= 11 is 0. The largest absolute Gasteiger partial charge is 0.326 e. The molecule has 3 atom stereocenters. The summed E-state index contributed by atoms with van der Waals surface area (Å²) in [6.45, 7) is 4.12. The van der Waals surface area contributed by atoms with Gasteiger partial charge >= 0.3 is 0 Å². The highest BCUT2D eigenvalue weighted by molar-refractivity contribution is 5.95. The van der Waals surface area contributed by atoms with Crippen LogP contribution >= 0.6 is 0 Å². The van der Waals surface area contributed by atoms with Crippen LogP contribution in [-0.2, 0) is 4.79 Å². The molecule has 0 spiro atoms. The number of hydrogen-bond donors (Lipinski definition) is 1. The van der Waals surface area contributed by atoms with Crippen molar-refractivity contribution in [2.24, 2.45) is 17.8 Å². The summed E-state index contributed by atoms with van der Waals surface area (Å²) in [6, 6.07) is 6.25. The second-order valence-corrected chi connectivity index (χ2v) is 7.34. The maximum atomic E-state index is 12.8. The SMILES string of the molecule is Cc1ccc(C)c(NC(=O)C2[C@H]3CC/C=C/CC/C=C/CC[C@@H]23)c1. The topological polar surface area (TPSA) is 29.1 Å². The number of rotatable bonds is 2. The Kier molecular flexibility index (Phi) is 5.55. The van der Waals surface area contributed by atoms with Gasteiger partial charge in [-0.05, 0) is 81.4 Å². The van der Waals surface area contributed by atoms with Crippen molar-refractivity contribution in [2.45, 2.75) is 52.4 Å². The van der Waals surface area contributed by atoms with Crippen LogP contribution in [0.1, 0.15) is 49.7 Å². The van der Waals surface area contributed by atoms with Gasteiger partial charge in [0.15, 0.2) is 0 Å². The van der Waals surface area contributed by atoms with Crippen LogP contribution in [0, 0.1) is 31.6 Å². The molecule has 2 heteroatoms. The minimum Gasteiger partial charge on any atom is -0.326 e. The van der Waals surface area contributed by atoms with Crippen molar-refractivity contribution in [3.8, 4) is 0 Å². The zero-order valence-electron chi connectivity index (χ0n) is 14.9. The van der Waals surface area contributed by atoms with Gasteiger partial charge in [-0.25, -0.2) is 0 Å². The van der Waals surface area contributed by atoms with Crippen LogP contribution in [0.5, 0.6) is 0 Å². The standard InChI is InChI=1S/C22H29NO/c1-16-13-14-17(2)20(15-16)23-22(24)21-18-11-9-7-5-3-4-6-8-10-12-19(18)21/h5-8,13-15,18-19,21H,3-4,9-12H2,1-2H3,(H,23,24)/b7-5+,8-6+/t18-,19+,21?. The molecule has 0 aliphatic heterocycles. The molecule has 2 nitrogen and oxygen atoms in total. The zero-order chi connectivity index (χ0) is 16.9. The van der Waals surface area contributed by atoms with Crippen LogP contribution in [0.3, 0.4) is 0 Å². The first-order valence-electron chi connectivity index (χ1n) is 9.35. The fourth-order valence-corrected chi connectivity index (χ4v) is 3.95. The Morgan fingerprint density at radius 2 is 1.50 bits per heavy atom.